The van der Waals surface area contributed by atoms with Gasteiger partial charge in [-0.05, 0) is 29.1 Å². The number of allylic oxidation sites excluding steroid dienone is 2. The third kappa shape index (κ3) is 3.29. The van der Waals surface area contributed by atoms with Crippen molar-refractivity contribution in [1.29, 1.82) is 0 Å². The number of aldehydes is 1. The summed E-state index contributed by atoms with van der Waals surface area (Å²) in [6.45, 7) is 0. The molecule has 0 fully saturated rings. The van der Waals surface area contributed by atoms with Crippen molar-refractivity contribution in [2.45, 2.75) is 6.42 Å². The van der Waals surface area contributed by atoms with Crippen LogP contribution in [0.2, 0.25) is 5.02 Å². The minimum atomic E-state index is 0.645. The largest absolute Gasteiger partial charge is 0.298 e. The van der Waals surface area contributed by atoms with E-state index in [0.717, 1.165) is 18.3 Å². The van der Waals surface area contributed by atoms with Crippen LogP contribution in [-0.2, 0) is 11.2 Å². The van der Waals surface area contributed by atoms with Crippen molar-refractivity contribution in [1.82, 2.24) is 0 Å². The van der Waals surface area contributed by atoms with Crippen LogP contribution in [0.1, 0.15) is 10.4 Å². The van der Waals surface area contributed by atoms with E-state index in [1.165, 1.54) is 4.88 Å². The monoisotopic (exact) mass is 262 g/mol. The van der Waals surface area contributed by atoms with E-state index in [1.54, 1.807) is 23.5 Å². The summed E-state index contributed by atoms with van der Waals surface area (Å²) in [4.78, 5) is 12.3. The summed E-state index contributed by atoms with van der Waals surface area (Å²) in [6, 6.07) is 11.4. The fourth-order valence-corrected chi connectivity index (χ4v) is 2.40. The second-order valence-corrected chi connectivity index (χ2v) is 5.04. The fraction of sp³-hybridized carbons (Fsp3) is 0.0714. The van der Waals surface area contributed by atoms with Crippen LogP contribution in [0.15, 0.2) is 47.9 Å². The lowest BCUT2D eigenvalue weighted by atomic mass is 10.1. The first kappa shape index (κ1) is 12.1. The van der Waals surface area contributed by atoms with E-state index in [0.29, 0.717) is 10.6 Å². The quantitative estimate of drug-likeness (QED) is 0.595. The number of thiophene rings is 1. The Balaban J connectivity index is 2.21. The number of hydrogen-bond donors (Lipinski definition) is 0. The van der Waals surface area contributed by atoms with E-state index in [1.807, 2.05) is 29.7 Å². The molecule has 0 aliphatic carbocycles. The van der Waals surface area contributed by atoms with E-state index in [4.69, 9.17) is 11.6 Å². The summed E-state index contributed by atoms with van der Waals surface area (Å²) >= 11 is 7.59. The molecule has 1 heterocycles. The molecule has 0 unspecified atom stereocenters. The molecule has 0 spiro atoms. The van der Waals surface area contributed by atoms with Crippen molar-refractivity contribution in [2.75, 3.05) is 0 Å². The molecule has 0 bridgehead atoms. The van der Waals surface area contributed by atoms with E-state index in [-0.39, 0.29) is 0 Å². The van der Waals surface area contributed by atoms with E-state index < -0.39 is 0 Å². The number of rotatable bonds is 4. The van der Waals surface area contributed by atoms with E-state index in [2.05, 4.69) is 6.07 Å². The first-order valence-corrected chi connectivity index (χ1v) is 6.49. The molecule has 86 valence electrons. The molecular weight excluding hydrogens is 252 g/mol. The maximum absolute atomic E-state index is 11.1. The lowest BCUT2D eigenvalue weighted by molar-refractivity contribution is -0.103. The average Bonchev–Trinajstić information content (AvgIpc) is 2.83. The number of benzene rings is 1. The molecule has 1 aromatic carbocycles. The molecule has 1 aromatic heterocycles. The molecule has 0 saturated carbocycles. The summed E-state index contributed by atoms with van der Waals surface area (Å²) < 4.78 is 0. The van der Waals surface area contributed by atoms with E-state index in [9.17, 15) is 4.79 Å². The molecule has 0 aliphatic rings. The van der Waals surface area contributed by atoms with Gasteiger partial charge in [0.2, 0.25) is 0 Å². The second kappa shape index (κ2) is 5.80. The highest BCUT2D eigenvalue weighted by atomic mass is 35.5. The smallest absolute Gasteiger partial charge is 0.150 e. The first-order chi connectivity index (χ1) is 8.29. The minimum Gasteiger partial charge on any atom is -0.298 e. The van der Waals surface area contributed by atoms with Gasteiger partial charge in [-0.3, -0.25) is 4.79 Å². The zero-order valence-electron chi connectivity index (χ0n) is 9.10. The van der Waals surface area contributed by atoms with Crippen LogP contribution in [0.5, 0.6) is 0 Å². The third-order valence-electron chi connectivity index (χ3n) is 2.39. The van der Waals surface area contributed by atoms with E-state index >= 15 is 0 Å². The Morgan fingerprint density at radius 3 is 2.82 bits per heavy atom. The van der Waals surface area contributed by atoms with Crippen LogP contribution in [0.25, 0.3) is 5.57 Å². The molecule has 0 radical (unpaired) electrons. The zero-order valence-corrected chi connectivity index (χ0v) is 10.7. The van der Waals surface area contributed by atoms with Gasteiger partial charge in [0.1, 0.15) is 6.29 Å². The maximum Gasteiger partial charge on any atom is 0.150 e. The maximum atomic E-state index is 11.1. The van der Waals surface area contributed by atoms with Crippen molar-refractivity contribution < 1.29 is 4.79 Å². The van der Waals surface area contributed by atoms with Crippen LogP contribution in [-0.4, -0.2) is 6.29 Å². The van der Waals surface area contributed by atoms with Gasteiger partial charge in [-0.2, -0.15) is 0 Å². The minimum absolute atomic E-state index is 0.645. The number of halogens is 1. The molecule has 0 saturated heterocycles. The summed E-state index contributed by atoms with van der Waals surface area (Å²) in [5, 5.41) is 2.68. The molecule has 2 aromatic rings. The summed E-state index contributed by atoms with van der Waals surface area (Å²) in [6.07, 6.45) is 3.59. The van der Waals surface area contributed by atoms with Crippen LogP contribution >= 0.6 is 22.9 Å². The van der Waals surface area contributed by atoms with Gasteiger partial charge in [-0.15, -0.1) is 11.3 Å². The topological polar surface area (TPSA) is 17.1 Å². The molecule has 1 nitrogen and oxygen atoms in total. The predicted molar refractivity (Wildman–Crippen MR) is 73.5 cm³/mol. The van der Waals surface area contributed by atoms with Gasteiger partial charge in [-0.25, -0.2) is 0 Å². The van der Waals surface area contributed by atoms with Crippen molar-refractivity contribution in [3.8, 4) is 0 Å². The molecule has 3 heteroatoms. The first-order valence-electron chi connectivity index (χ1n) is 5.23. The molecule has 0 atom stereocenters. The van der Waals surface area contributed by atoms with Gasteiger partial charge in [0.05, 0.1) is 0 Å². The van der Waals surface area contributed by atoms with Crippen molar-refractivity contribution in [2.24, 2.45) is 0 Å². The number of carbonyl (C=O) groups is 1. The fourth-order valence-electron chi connectivity index (χ4n) is 1.54. The second-order valence-electron chi connectivity index (χ2n) is 3.57. The van der Waals surface area contributed by atoms with Crippen LogP contribution in [0.4, 0.5) is 0 Å². The third-order valence-corrected chi connectivity index (χ3v) is 3.52. The van der Waals surface area contributed by atoms with Crippen LogP contribution in [0, 0.1) is 0 Å². The molecule has 0 amide bonds. The summed E-state index contributed by atoms with van der Waals surface area (Å²) in [5.74, 6) is 0. The van der Waals surface area contributed by atoms with Crippen molar-refractivity contribution >= 4 is 34.8 Å². The lowest BCUT2D eigenvalue weighted by Gasteiger charge is -2.00. The SMILES string of the molecule is O=CC(=CCc1cccs1)c1cccc(Cl)c1. The molecular formula is C14H11ClOS. The Morgan fingerprint density at radius 1 is 1.29 bits per heavy atom. The molecule has 2 rings (SSSR count). The highest BCUT2D eigenvalue weighted by Crippen LogP contribution is 2.19. The molecule has 17 heavy (non-hydrogen) atoms. The van der Waals surface area contributed by atoms with Crippen LogP contribution < -0.4 is 0 Å². The normalized spacial score (nSPS) is 11.5. The van der Waals surface area contributed by atoms with Gasteiger partial charge < -0.3 is 0 Å². The van der Waals surface area contributed by atoms with Gasteiger partial charge in [-0.1, -0.05) is 35.9 Å². The van der Waals surface area contributed by atoms with Crippen LogP contribution in [0.3, 0.4) is 0 Å². The Hall–Kier alpha value is -1.38. The summed E-state index contributed by atoms with van der Waals surface area (Å²) in [5.41, 5.74) is 1.55. The highest BCUT2D eigenvalue weighted by molar-refractivity contribution is 7.09. The van der Waals surface area contributed by atoms with Gasteiger partial charge in [0, 0.05) is 21.9 Å². The van der Waals surface area contributed by atoms with Gasteiger partial charge >= 0.3 is 0 Å². The molecule has 0 N–H and O–H groups in total. The zero-order chi connectivity index (χ0) is 12.1. The van der Waals surface area contributed by atoms with Gasteiger partial charge in [0.15, 0.2) is 0 Å². The number of carbonyl (C=O) groups excluding carboxylic acids is 1. The van der Waals surface area contributed by atoms with Gasteiger partial charge in [0.25, 0.3) is 0 Å². The Labute approximate surface area is 109 Å². The molecule has 0 aliphatic heterocycles. The Morgan fingerprint density at radius 2 is 2.18 bits per heavy atom. The lowest BCUT2D eigenvalue weighted by Crippen LogP contribution is -1.87. The average molecular weight is 263 g/mol. The highest BCUT2D eigenvalue weighted by Gasteiger charge is 2.01. The predicted octanol–water partition coefficient (Wildman–Crippen LogP) is 4.23. The number of hydrogen-bond acceptors (Lipinski definition) is 2. The Bertz CT molecular complexity index is 529. The Kier molecular flexibility index (Phi) is 4.13. The van der Waals surface area contributed by atoms with Crippen molar-refractivity contribution in [3.63, 3.8) is 0 Å². The standard InChI is InChI=1S/C14H11ClOS/c15-13-4-1-3-11(9-13)12(10-16)6-7-14-5-2-8-17-14/h1-6,8-10H,7H2. The summed E-state index contributed by atoms with van der Waals surface area (Å²) in [7, 11) is 0. The van der Waals surface area contributed by atoms with Crippen molar-refractivity contribution in [3.05, 3.63) is 63.3 Å².